The second-order valence-corrected chi connectivity index (χ2v) is 8.32. The van der Waals surface area contributed by atoms with E-state index in [1.165, 1.54) is 15.4 Å². The highest BCUT2D eigenvalue weighted by atomic mass is 79.9. The zero-order valence-corrected chi connectivity index (χ0v) is 15.4. The number of hydrogen-bond donors (Lipinski definition) is 1. The molecule has 1 atom stereocenters. The van der Waals surface area contributed by atoms with E-state index in [2.05, 4.69) is 79.2 Å². The summed E-state index contributed by atoms with van der Waals surface area (Å²) < 4.78 is 1.10. The SMILES string of the molecule is CC(N)c1ccc(Sc2ccc(C(C)(C)C)cc2)c(Br)c1. The first-order chi connectivity index (χ1) is 9.77. The van der Waals surface area contributed by atoms with Crippen molar-refractivity contribution in [2.75, 3.05) is 0 Å². The Labute approximate surface area is 140 Å². The van der Waals surface area contributed by atoms with Gasteiger partial charge in [-0.25, -0.2) is 0 Å². The standard InChI is InChI=1S/C18H22BrNS/c1-12(20)13-5-10-17(16(19)11-13)21-15-8-6-14(7-9-15)18(2,3)4/h5-12H,20H2,1-4H3. The van der Waals surface area contributed by atoms with Crippen LogP contribution in [0, 0.1) is 0 Å². The zero-order valence-electron chi connectivity index (χ0n) is 13.0. The molecule has 2 N–H and O–H groups in total. The van der Waals surface area contributed by atoms with Crippen LogP contribution in [0.5, 0.6) is 0 Å². The second-order valence-electron chi connectivity index (χ2n) is 6.35. The summed E-state index contributed by atoms with van der Waals surface area (Å²) in [5.41, 5.74) is 8.62. The molecule has 2 aromatic rings. The molecule has 1 unspecified atom stereocenters. The monoisotopic (exact) mass is 363 g/mol. The number of halogens is 1. The highest BCUT2D eigenvalue weighted by Crippen LogP contribution is 2.35. The zero-order chi connectivity index (χ0) is 15.6. The van der Waals surface area contributed by atoms with Gasteiger partial charge in [0.05, 0.1) is 0 Å². The molecule has 0 aromatic heterocycles. The molecule has 112 valence electrons. The van der Waals surface area contributed by atoms with Crippen LogP contribution in [0.1, 0.15) is 44.9 Å². The molecule has 0 aliphatic rings. The Balaban J connectivity index is 2.19. The van der Waals surface area contributed by atoms with Gasteiger partial charge in [-0.2, -0.15) is 0 Å². The molecule has 0 radical (unpaired) electrons. The van der Waals surface area contributed by atoms with E-state index in [-0.39, 0.29) is 11.5 Å². The van der Waals surface area contributed by atoms with E-state index in [4.69, 9.17) is 5.73 Å². The topological polar surface area (TPSA) is 26.0 Å². The average Bonchev–Trinajstić information content (AvgIpc) is 2.40. The summed E-state index contributed by atoms with van der Waals surface area (Å²) in [5, 5.41) is 0. The summed E-state index contributed by atoms with van der Waals surface area (Å²) in [7, 11) is 0. The number of rotatable bonds is 3. The predicted molar refractivity (Wildman–Crippen MR) is 96.0 cm³/mol. The normalized spacial score (nSPS) is 13.2. The van der Waals surface area contributed by atoms with Crippen molar-refractivity contribution in [1.82, 2.24) is 0 Å². The minimum absolute atomic E-state index is 0.0615. The maximum absolute atomic E-state index is 5.91. The maximum atomic E-state index is 5.91. The molecule has 21 heavy (non-hydrogen) atoms. The van der Waals surface area contributed by atoms with Gasteiger partial charge >= 0.3 is 0 Å². The van der Waals surface area contributed by atoms with E-state index >= 15 is 0 Å². The van der Waals surface area contributed by atoms with Crippen LogP contribution < -0.4 is 5.73 Å². The minimum atomic E-state index is 0.0615. The molecule has 0 fully saturated rings. The van der Waals surface area contributed by atoms with Crippen molar-refractivity contribution >= 4 is 27.7 Å². The largest absolute Gasteiger partial charge is 0.324 e. The number of benzene rings is 2. The molecule has 0 aliphatic heterocycles. The third kappa shape index (κ3) is 4.35. The summed E-state index contributed by atoms with van der Waals surface area (Å²) in [6.07, 6.45) is 0. The molecule has 0 amide bonds. The first-order valence-corrected chi connectivity index (χ1v) is 8.72. The van der Waals surface area contributed by atoms with E-state index in [0.717, 1.165) is 10.0 Å². The molecule has 2 rings (SSSR count). The van der Waals surface area contributed by atoms with Crippen LogP contribution in [0.25, 0.3) is 0 Å². The van der Waals surface area contributed by atoms with Crippen LogP contribution in [0.15, 0.2) is 56.7 Å². The van der Waals surface area contributed by atoms with Crippen LogP contribution in [-0.2, 0) is 5.41 Å². The molecule has 1 nitrogen and oxygen atoms in total. The van der Waals surface area contributed by atoms with Crippen LogP contribution in [-0.4, -0.2) is 0 Å². The Morgan fingerprint density at radius 2 is 1.67 bits per heavy atom. The van der Waals surface area contributed by atoms with Gasteiger partial charge in [0.2, 0.25) is 0 Å². The molecule has 0 spiro atoms. The smallest absolute Gasteiger partial charge is 0.0318 e. The predicted octanol–water partition coefficient (Wildman–Crippen LogP) is 5.92. The van der Waals surface area contributed by atoms with Crippen molar-refractivity contribution in [2.24, 2.45) is 5.73 Å². The van der Waals surface area contributed by atoms with Crippen molar-refractivity contribution in [1.29, 1.82) is 0 Å². The number of nitrogens with two attached hydrogens (primary N) is 1. The maximum Gasteiger partial charge on any atom is 0.0318 e. The Bertz CT molecular complexity index is 612. The van der Waals surface area contributed by atoms with Crippen LogP contribution in [0.4, 0.5) is 0 Å². The fourth-order valence-electron chi connectivity index (χ4n) is 2.03. The Morgan fingerprint density at radius 3 is 2.14 bits per heavy atom. The molecule has 2 aromatic carbocycles. The van der Waals surface area contributed by atoms with Crippen molar-refractivity contribution in [3.63, 3.8) is 0 Å². The Hall–Kier alpha value is -0.770. The van der Waals surface area contributed by atoms with Crippen molar-refractivity contribution in [3.05, 3.63) is 58.1 Å². The lowest BCUT2D eigenvalue weighted by atomic mass is 9.87. The van der Waals surface area contributed by atoms with Crippen molar-refractivity contribution < 1.29 is 0 Å². The van der Waals surface area contributed by atoms with Crippen LogP contribution >= 0.6 is 27.7 Å². The third-order valence-corrected chi connectivity index (χ3v) is 5.43. The highest BCUT2D eigenvalue weighted by Gasteiger charge is 2.13. The van der Waals surface area contributed by atoms with E-state index in [0.29, 0.717) is 0 Å². The number of hydrogen-bond acceptors (Lipinski definition) is 2. The van der Waals surface area contributed by atoms with Gasteiger partial charge in [-0.15, -0.1) is 0 Å². The summed E-state index contributed by atoms with van der Waals surface area (Å²) in [6.45, 7) is 8.70. The fourth-order valence-corrected chi connectivity index (χ4v) is 3.49. The summed E-state index contributed by atoms with van der Waals surface area (Å²) in [6, 6.07) is 15.2. The van der Waals surface area contributed by atoms with Gasteiger partial charge in [-0.05, 0) is 63.7 Å². The molecule has 0 saturated heterocycles. The third-order valence-electron chi connectivity index (χ3n) is 3.43. The second kappa shape index (κ2) is 6.55. The van der Waals surface area contributed by atoms with Gasteiger partial charge in [-0.1, -0.05) is 50.7 Å². The van der Waals surface area contributed by atoms with Gasteiger partial charge in [0, 0.05) is 20.3 Å². The summed E-state index contributed by atoms with van der Waals surface area (Å²) >= 11 is 5.41. The lowest BCUT2D eigenvalue weighted by Gasteiger charge is -2.19. The van der Waals surface area contributed by atoms with E-state index in [1.807, 2.05) is 6.92 Å². The molecule has 0 aliphatic carbocycles. The van der Waals surface area contributed by atoms with E-state index < -0.39 is 0 Å². The lowest BCUT2D eigenvalue weighted by Crippen LogP contribution is -2.10. The molecule has 0 bridgehead atoms. The first-order valence-electron chi connectivity index (χ1n) is 7.11. The van der Waals surface area contributed by atoms with Crippen LogP contribution in [0.2, 0.25) is 0 Å². The average molecular weight is 364 g/mol. The lowest BCUT2D eigenvalue weighted by molar-refractivity contribution is 0.590. The fraction of sp³-hybridized carbons (Fsp3) is 0.333. The van der Waals surface area contributed by atoms with Gasteiger partial charge < -0.3 is 5.73 Å². The molecule has 0 heterocycles. The van der Waals surface area contributed by atoms with E-state index in [9.17, 15) is 0 Å². The molecular weight excluding hydrogens is 342 g/mol. The van der Waals surface area contributed by atoms with Gasteiger partial charge in [0.25, 0.3) is 0 Å². The van der Waals surface area contributed by atoms with Crippen LogP contribution in [0.3, 0.4) is 0 Å². The highest BCUT2D eigenvalue weighted by molar-refractivity contribution is 9.10. The molecule has 0 saturated carbocycles. The summed E-state index contributed by atoms with van der Waals surface area (Å²) in [5.74, 6) is 0. The van der Waals surface area contributed by atoms with E-state index in [1.54, 1.807) is 11.8 Å². The Morgan fingerprint density at radius 1 is 1.05 bits per heavy atom. The van der Waals surface area contributed by atoms with Crippen molar-refractivity contribution in [2.45, 2.75) is 48.9 Å². The minimum Gasteiger partial charge on any atom is -0.324 e. The Kier molecular flexibility index (Phi) is 5.18. The van der Waals surface area contributed by atoms with Crippen molar-refractivity contribution in [3.8, 4) is 0 Å². The quantitative estimate of drug-likeness (QED) is 0.732. The van der Waals surface area contributed by atoms with Gasteiger partial charge in [0.15, 0.2) is 0 Å². The molecular formula is C18H22BrNS. The summed E-state index contributed by atoms with van der Waals surface area (Å²) in [4.78, 5) is 2.46. The first kappa shape index (κ1) is 16.6. The van der Waals surface area contributed by atoms with Gasteiger partial charge in [0.1, 0.15) is 0 Å². The van der Waals surface area contributed by atoms with Gasteiger partial charge in [-0.3, -0.25) is 0 Å². The molecule has 3 heteroatoms.